The second-order valence-corrected chi connectivity index (χ2v) is 3.33. The lowest BCUT2D eigenvalue weighted by Crippen LogP contribution is -2.10. The number of carboxylic acids is 1. The van der Waals surface area contributed by atoms with E-state index in [1.807, 2.05) is 0 Å². The van der Waals surface area contributed by atoms with Crippen LogP contribution in [0, 0.1) is 0 Å². The molecular weight excluding hydrogens is 264 g/mol. The van der Waals surface area contributed by atoms with Crippen molar-refractivity contribution in [1.29, 1.82) is 0 Å². The summed E-state index contributed by atoms with van der Waals surface area (Å²) < 4.78 is 33.0. The first-order valence-electron chi connectivity index (χ1n) is 3.39. The van der Waals surface area contributed by atoms with Crippen LogP contribution < -0.4 is 10.3 Å². The molecule has 0 saturated heterocycles. The molecule has 10 heteroatoms. The first-order chi connectivity index (χ1) is 6.40. The highest BCUT2D eigenvalue weighted by molar-refractivity contribution is 7.81. The second kappa shape index (κ2) is 7.49. The van der Waals surface area contributed by atoms with Crippen LogP contribution in [0.2, 0.25) is 0 Å². The van der Waals surface area contributed by atoms with Crippen molar-refractivity contribution in [2.45, 2.75) is 0 Å². The van der Waals surface area contributed by atoms with Gasteiger partial charge in [-0.05, 0) is 12.1 Å². The highest BCUT2D eigenvalue weighted by Gasteiger charge is 2.15. The van der Waals surface area contributed by atoms with Crippen molar-refractivity contribution in [3.05, 3.63) is 29.8 Å². The summed E-state index contributed by atoms with van der Waals surface area (Å²) in [7, 11) is -4.70. The highest BCUT2D eigenvalue weighted by atomic mass is 32.3. The molecule has 0 amide bonds. The Labute approximate surface area is 95.3 Å². The van der Waals surface area contributed by atoms with Gasteiger partial charge in [0.2, 0.25) is 0 Å². The molecule has 0 bridgehead atoms. The lowest BCUT2D eigenvalue weighted by Gasteiger charge is -2.03. The molecule has 1 aromatic rings. The third-order valence-electron chi connectivity index (χ3n) is 1.31. The number of halogens is 2. The third kappa shape index (κ3) is 6.40. The number of carboxylic acid groups (broad SMARTS) is 1. The minimum atomic E-state index is -4.70. The normalized spacial score (nSPS) is 9.00. The molecule has 0 aliphatic carbocycles. The predicted octanol–water partition coefficient (Wildman–Crippen LogP) is 1.03. The molecule has 7 nitrogen and oxygen atoms in total. The van der Waals surface area contributed by atoms with Crippen molar-refractivity contribution in [2.24, 2.45) is 0 Å². The van der Waals surface area contributed by atoms with Gasteiger partial charge in [-0.25, -0.2) is 4.79 Å². The van der Waals surface area contributed by atoms with E-state index in [9.17, 15) is 13.2 Å². The maximum absolute atomic E-state index is 10.6. The summed E-state index contributed by atoms with van der Waals surface area (Å²) in [6.07, 6.45) is 0. The van der Waals surface area contributed by atoms with E-state index < -0.39 is 22.1 Å². The van der Waals surface area contributed by atoms with E-state index in [0.717, 1.165) is 12.1 Å². The highest BCUT2D eigenvalue weighted by Crippen LogP contribution is 2.18. The Morgan fingerprint density at radius 2 is 1.65 bits per heavy atom. The molecule has 0 heterocycles. The van der Waals surface area contributed by atoms with Crippen LogP contribution in [0.3, 0.4) is 0 Å². The van der Waals surface area contributed by atoms with Crippen LogP contribution in [-0.2, 0) is 10.4 Å². The van der Waals surface area contributed by atoms with Crippen LogP contribution in [0.4, 0.5) is 9.41 Å². The van der Waals surface area contributed by atoms with Gasteiger partial charge in [0.15, 0.2) is 5.75 Å². The zero-order valence-corrected chi connectivity index (χ0v) is 9.09. The van der Waals surface area contributed by atoms with Gasteiger partial charge in [-0.1, -0.05) is 12.1 Å². The average molecular weight is 275 g/mol. The molecule has 5 N–H and O–H groups in total. The average Bonchev–Trinajstić information content (AvgIpc) is 2.01. The van der Waals surface area contributed by atoms with E-state index in [0.29, 0.717) is 0 Å². The van der Waals surface area contributed by atoms with Crippen molar-refractivity contribution < 1.29 is 36.5 Å². The Morgan fingerprint density at radius 3 is 2.06 bits per heavy atom. The lowest BCUT2D eigenvalue weighted by molar-refractivity contribution is 0.0695. The summed E-state index contributed by atoms with van der Waals surface area (Å²) in [5, 5.41) is 8.61. The molecule has 100 valence electrons. The van der Waals surface area contributed by atoms with Crippen LogP contribution in [0.25, 0.3) is 0 Å². The number of carbonyl (C=O) groups is 1. The molecule has 1 rings (SSSR count). The largest absolute Gasteiger partial charge is 0.478 e. The van der Waals surface area contributed by atoms with Gasteiger partial charge >= 0.3 is 16.4 Å². The molecule has 0 aliphatic heterocycles. The summed E-state index contributed by atoms with van der Waals surface area (Å²) in [5.74, 6) is -1.77. The maximum Gasteiger partial charge on any atom is 0.446 e. The molecule has 0 radical (unpaired) electrons. The summed E-state index contributed by atoms with van der Waals surface area (Å²) in [4.78, 5) is 10.6. The minimum absolute atomic E-state index is 0. The first-order valence-corrected chi connectivity index (χ1v) is 4.76. The summed E-state index contributed by atoms with van der Waals surface area (Å²) in [5.41, 5.74) is -0.342. The van der Waals surface area contributed by atoms with E-state index in [4.69, 9.17) is 9.66 Å². The molecule has 1 aromatic carbocycles. The number of hydrogen-bond donors (Lipinski definition) is 3. The van der Waals surface area contributed by atoms with Crippen molar-refractivity contribution >= 4 is 16.4 Å². The molecule has 0 fully saturated rings. The van der Waals surface area contributed by atoms with Crippen molar-refractivity contribution in [3.8, 4) is 5.75 Å². The van der Waals surface area contributed by atoms with Gasteiger partial charge in [-0.2, -0.15) is 8.42 Å². The zero-order valence-electron chi connectivity index (χ0n) is 8.27. The molecule has 0 atom stereocenters. The Balaban J connectivity index is -0.000000653. The molecule has 0 spiro atoms. The van der Waals surface area contributed by atoms with Crippen molar-refractivity contribution in [2.75, 3.05) is 0 Å². The van der Waals surface area contributed by atoms with E-state index in [1.54, 1.807) is 0 Å². The second-order valence-electron chi connectivity index (χ2n) is 2.31. The van der Waals surface area contributed by atoms with Gasteiger partial charge in [0, 0.05) is 0 Å². The van der Waals surface area contributed by atoms with Gasteiger partial charge in [0.1, 0.15) is 5.56 Å². The molecule has 0 saturated carbocycles. The molecule has 17 heavy (non-hydrogen) atoms. The van der Waals surface area contributed by atoms with Gasteiger partial charge in [-0.3, -0.25) is 14.0 Å². The summed E-state index contributed by atoms with van der Waals surface area (Å²) in [6, 6.07) is 5.06. The Hall–Kier alpha value is -1.78. The van der Waals surface area contributed by atoms with Gasteiger partial charge in [-0.15, -0.1) is 0 Å². The summed E-state index contributed by atoms with van der Waals surface area (Å²) >= 11 is 0. The van der Waals surface area contributed by atoms with Gasteiger partial charge in [0.25, 0.3) is 0 Å². The predicted molar refractivity (Wildman–Crippen MR) is 55.6 cm³/mol. The van der Waals surface area contributed by atoms with Crippen LogP contribution in [0.5, 0.6) is 5.75 Å². The van der Waals surface area contributed by atoms with Crippen LogP contribution >= 0.6 is 0 Å². The molecule has 0 aliphatic rings. The Bertz CT molecular complexity index is 463. The van der Waals surface area contributed by atoms with Crippen LogP contribution in [0.1, 0.15) is 10.4 Å². The fraction of sp³-hybridized carbons (Fsp3) is 0. The number of benzene rings is 1. The fourth-order valence-electron chi connectivity index (χ4n) is 0.829. The van der Waals surface area contributed by atoms with E-state index >= 15 is 0 Å². The number of rotatable bonds is 3. The first kappa shape index (κ1) is 20.6. The smallest absolute Gasteiger partial charge is 0.446 e. The van der Waals surface area contributed by atoms with Gasteiger partial charge < -0.3 is 15.4 Å². The maximum atomic E-state index is 10.6. The monoisotopic (exact) mass is 275 g/mol. The standard InChI is InChI=1S/C7H6O6S.2FH.H3N/c8-7(9)5-3-1-2-4-6(5)13-14(10,11)12;;;/h1-4H,(H,8,9)(H,10,11,12);2*1H;1H3. The third-order valence-corrected chi connectivity index (χ3v) is 1.70. The number of aromatic carboxylic acids is 1. The lowest BCUT2D eigenvalue weighted by atomic mass is 10.2. The number of hydrogen-bond acceptors (Lipinski definition) is 5. The Kier molecular flexibility index (Phi) is 9.08. The van der Waals surface area contributed by atoms with Crippen molar-refractivity contribution in [3.63, 3.8) is 0 Å². The zero-order chi connectivity index (χ0) is 10.8. The summed E-state index contributed by atoms with van der Waals surface area (Å²) in [6.45, 7) is 0. The van der Waals surface area contributed by atoms with E-state index in [2.05, 4.69) is 4.18 Å². The van der Waals surface area contributed by atoms with E-state index in [1.165, 1.54) is 12.1 Å². The topological polar surface area (TPSA) is 136 Å². The van der Waals surface area contributed by atoms with Crippen molar-refractivity contribution in [1.82, 2.24) is 6.15 Å². The Morgan fingerprint density at radius 1 is 1.18 bits per heavy atom. The molecule has 0 aromatic heterocycles. The fourth-order valence-corrected chi connectivity index (χ4v) is 1.20. The van der Waals surface area contributed by atoms with Crippen LogP contribution in [-0.4, -0.2) is 24.0 Å². The molecular formula is C7H11F2NO6S. The minimum Gasteiger partial charge on any atom is -0.478 e. The van der Waals surface area contributed by atoms with Gasteiger partial charge in [0.05, 0.1) is 0 Å². The SMILES string of the molecule is F.F.N.O=C(O)c1ccccc1OS(=O)(=O)O. The van der Waals surface area contributed by atoms with E-state index in [-0.39, 0.29) is 21.1 Å². The molecule has 0 unspecified atom stereocenters. The number of para-hydroxylation sites is 1. The quantitative estimate of drug-likeness (QED) is 0.701. The van der Waals surface area contributed by atoms with Crippen LogP contribution in [0.15, 0.2) is 24.3 Å².